The third-order valence-electron chi connectivity index (χ3n) is 4.14. The Morgan fingerprint density at radius 1 is 1.19 bits per heavy atom. The zero-order chi connectivity index (χ0) is 18.7. The zero-order valence-electron chi connectivity index (χ0n) is 15.1. The molecule has 1 aliphatic carbocycles. The SMILES string of the molecule is CC(C)(C)OC(=O)Oc1ccc(NC(=O)C2CC(n3ccnc3)C2)cc1. The number of aromatic nitrogens is 2. The highest BCUT2D eigenvalue weighted by Gasteiger charge is 2.35. The fourth-order valence-corrected chi connectivity index (χ4v) is 2.75. The van der Waals surface area contributed by atoms with Gasteiger partial charge in [-0.15, -0.1) is 0 Å². The normalized spacial score (nSPS) is 19.3. The molecule has 0 bridgehead atoms. The number of carbonyl (C=O) groups is 2. The van der Waals surface area contributed by atoms with E-state index in [1.54, 1.807) is 57.6 Å². The number of benzene rings is 1. The first-order chi connectivity index (χ1) is 12.3. The van der Waals surface area contributed by atoms with E-state index in [4.69, 9.17) is 9.47 Å². The molecule has 2 aromatic rings. The molecule has 0 aliphatic heterocycles. The summed E-state index contributed by atoms with van der Waals surface area (Å²) in [7, 11) is 0. The highest BCUT2D eigenvalue weighted by molar-refractivity contribution is 5.93. The minimum atomic E-state index is -0.755. The summed E-state index contributed by atoms with van der Waals surface area (Å²) in [6.45, 7) is 5.31. The molecule has 138 valence electrons. The summed E-state index contributed by atoms with van der Waals surface area (Å²) in [5.74, 6) is 0.364. The zero-order valence-corrected chi connectivity index (χ0v) is 15.1. The maximum Gasteiger partial charge on any atom is 0.514 e. The van der Waals surface area contributed by atoms with E-state index in [0.29, 0.717) is 17.5 Å². The van der Waals surface area contributed by atoms with E-state index in [0.717, 1.165) is 12.8 Å². The second-order valence-corrected chi connectivity index (χ2v) is 7.41. The van der Waals surface area contributed by atoms with Crippen molar-refractivity contribution in [1.29, 1.82) is 0 Å². The Kier molecular flexibility index (Phi) is 4.97. The van der Waals surface area contributed by atoms with E-state index >= 15 is 0 Å². The quantitative estimate of drug-likeness (QED) is 0.665. The maximum atomic E-state index is 12.3. The minimum Gasteiger partial charge on any atom is -0.428 e. The molecular weight excluding hydrogens is 334 g/mol. The number of hydrogen-bond donors (Lipinski definition) is 1. The average molecular weight is 357 g/mol. The Labute approximate surface area is 152 Å². The van der Waals surface area contributed by atoms with E-state index in [1.807, 2.05) is 10.8 Å². The van der Waals surface area contributed by atoms with Gasteiger partial charge in [-0.1, -0.05) is 0 Å². The largest absolute Gasteiger partial charge is 0.514 e. The molecule has 0 saturated heterocycles. The summed E-state index contributed by atoms with van der Waals surface area (Å²) in [6.07, 6.45) is 6.30. The van der Waals surface area contributed by atoms with Crippen LogP contribution in [0.4, 0.5) is 10.5 Å². The van der Waals surface area contributed by atoms with Crippen molar-refractivity contribution < 1.29 is 19.1 Å². The number of amides is 1. The van der Waals surface area contributed by atoms with Crippen molar-refractivity contribution >= 4 is 17.7 Å². The molecule has 7 heteroatoms. The third kappa shape index (κ3) is 4.62. The van der Waals surface area contributed by atoms with Gasteiger partial charge in [0.25, 0.3) is 0 Å². The monoisotopic (exact) mass is 357 g/mol. The summed E-state index contributed by atoms with van der Waals surface area (Å²) in [5, 5.41) is 2.89. The van der Waals surface area contributed by atoms with E-state index in [9.17, 15) is 9.59 Å². The van der Waals surface area contributed by atoms with Crippen molar-refractivity contribution in [2.24, 2.45) is 5.92 Å². The number of imidazole rings is 1. The minimum absolute atomic E-state index is 0.0000833. The van der Waals surface area contributed by atoms with Crippen LogP contribution in [0, 0.1) is 5.92 Å². The Morgan fingerprint density at radius 3 is 2.46 bits per heavy atom. The number of nitrogens with zero attached hydrogens (tertiary/aromatic N) is 2. The second-order valence-electron chi connectivity index (χ2n) is 7.41. The predicted octanol–water partition coefficient (Wildman–Crippen LogP) is 3.79. The highest BCUT2D eigenvalue weighted by Crippen LogP contribution is 2.38. The number of nitrogens with one attached hydrogen (secondary N) is 1. The van der Waals surface area contributed by atoms with Gasteiger partial charge in [-0.25, -0.2) is 9.78 Å². The predicted molar refractivity (Wildman–Crippen MR) is 95.9 cm³/mol. The Hall–Kier alpha value is -2.83. The van der Waals surface area contributed by atoms with Crippen molar-refractivity contribution in [3.05, 3.63) is 43.0 Å². The average Bonchev–Trinajstić information content (AvgIpc) is 2.99. The van der Waals surface area contributed by atoms with Crippen molar-refractivity contribution in [2.75, 3.05) is 5.32 Å². The van der Waals surface area contributed by atoms with Gasteiger partial charge in [-0.05, 0) is 57.9 Å². The summed E-state index contributed by atoms with van der Waals surface area (Å²) >= 11 is 0. The lowest BCUT2D eigenvalue weighted by Crippen LogP contribution is -2.35. The van der Waals surface area contributed by atoms with Crippen molar-refractivity contribution in [2.45, 2.75) is 45.3 Å². The molecule has 0 spiro atoms. The molecule has 0 unspecified atom stereocenters. The lowest BCUT2D eigenvalue weighted by Gasteiger charge is -2.34. The number of hydrogen-bond acceptors (Lipinski definition) is 5. The molecular formula is C19H23N3O4. The van der Waals surface area contributed by atoms with Gasteiger partial charge >= 0.3 is 6.16 Å². The molecule has 1 aromatic heterocycles. The number of anilines is 1. The topological polar surface area (TPSA) is 82.5 Å². The van der Waals surface area contributed by atoms with Crippen LogP contribution in [-0.4, -0.2) is 27.2 Å². The molecule has 1 aliphatic rings. The lowest BCUT2D eigenvalue weighted by atomic mass is 9.79. The molecule has 26 heavy (non-hydrogen) atoms. The van der Waals surface area contributed by atoms with Crippen LogP contribution in [0.15, 0.2) is 43.0 Å². The molecule has 1 heterocycles. The summed E-state index contributed by atoms with van der Waals surface area (Å²) in [4.78, 5) is 28.0. The van der Waals surface area contributed by atoms with Gasteiger partial charge in [0, 0.05) is 30.0 Å². The fraction of sp³-hybridized carbons (Fsp3) is 0.421. The summed E-state index contributed by atoms with van der Waals surface area (Å²) in [6, 6.07) is 6.98. The van der Waals surface area contributed by atoms with Gasteiger partial charge in [0.05, 0.1) is 6.33 Å². The first-order valence-electron chi connectivity index (χ1n) is 8.59. The van der Waals surface area contributed by atoms with E-state index in [1.165, 1.54) is 0 Å². The molecule has 7 nitrogen and oxygen atoms in total. The van der Waals surface area contributed by atoms with Gasteiger partial charge in [-0.2, -0.15) is 0 Å². The summed E-state index contributed by atoms with van der Waals surface area (Å²) in [5.41, 5.74) is 0.0557. The third-order valence-corrected chi connectivity index (χ3v) is 4.14. The van der Waals surface area contributed by atoms with Crippen LogP contribution >= 0.6 is 0 Å². The van der Waals surface area contributed by atoms with Crippen LogP contribution < -0.4 is 10.1 Å². The summed E-state index contributed by atoms with van der Waals surface area (Å²) < 4.78 is 12.2. The van der Waals surface area contributed by atoms with Gasteiger partial charge in [0.1, 0.15) is 11.4 Å². The van der Waals surface area contributed by atoms with E-state index in [-0.39, 0.29) is 11.8 Å². The van der Waals surface area contributed by atoms with Gasteiger partial charge in [-0.3, -0.25) is 4.79 Å². The van der Waals surface area contributed by atoms with Gasteiger partial charge < -0.3 is 19.4 Å². The first kappa shape index (κ1) is 18.0. The van der Waals surface area contributed by atoms with Crippen molar-refractivity contribution in [3.8, 4) is 5.75 Å². The molecule has 1 amide bonds. The number of carbonyl (C=O) groups excluding carboxylic acids is 2. The first-order valence-corrected chi connectivity index (χ1v) is 8.59. The Morgan fingerprint density at radius 2 is 1.88 bits per heavy atom. The van der Waals surface area contributed by atoms with Crippen LogP contribution in [-0.2, 0) is 9.53 Å². The highest BCUT2D eigenvalue weighted by atomic mass is 16.7. The van der Waals surface area contributed by atoms with E-state index < -0.39 is 11.8 Å². The second kappa shape index (κ2) is 7.19. The molecule has 1 N–H and O–H groups in total. The van der Waals surface area contributed by atoms with E-state index in [2.05, 4.69) is 10.3 Å². The Bertz CT molecular complexity index is 757. The van der Waals surface area contributed by atoms with Crippen LogP contribution in [0.25, 0.3) is 0 Å². The van der Waals surface area contributed by atoms with Crippen LogP contribution in [0.2, 0.25) is 0 Å². The maximum absolute atomic E-state index is 12.3. The van der Waals surface area contributed by atoms with Crippen LogP contribution in [0.3, 0.4) is 0 Å². The molecule has 0 radical (unpaired) electrons. The lowest BCUT2D eigenvalue weighted by molar-refractivity contribution is -0.123. The molecule has 3 rings (SSSR count). The standard InChI is InChI=1S/C19H23N3O4/c1-19(2,3)26-18(24)25-16-6-4-14(5-7-16)21-17(23)13-10-15(11-13)22-9-8-20-12-22/h4-9,12-13,15H,10-11H2,1-3H3,(H,21,23). The molecule has 0 atom stereocenters. The molecule has 1 fully saturated rings. The fourth-order valence-electron chi connectivity index (χ4n) is 2.75. The van der Waals surface area contributed by atoms with Gasteiger partial charge in [0.2, 0.25) is 5.91 Å². The molecule has 1 aromatic carbocycles. The van der Waals surface area contributed by atoms with Crippen molar-refractivity contribution in [1.82, 2.24) is 9.55 Å². The number of ether oxygens (including phenoxy) is 2. The molecule has 1 saturated carbocycles. The number of rotatable bonds is 4. The van der Waals surface area contributed by atoms with Crippen LogP contribution in [0.1, 0.15) is 39.7 Å². The van der Waals surface area contributed by atoms with Gasteiger partial charge in [0.15, 0.2) is 0 Å². The smallest absolute Gasteiger partial charge is 0.428 e. The van der Waals surface area contributed by atoms with Crippen molar-refractivity contribution in [3.63, 3.8) is 0 Å². The van der Waals surface area contributed by atoms with Crippen LogP contribution in [0.5, 0.6) is 5.75 Å². The Balaban J connectivity index is 1.47.